The maximum Gasteiger partial charge on any atom is 0.162 e. The summed E-state index contributed by atoms with van der Waals surface area (Å²) in [6.07, 6.45) is 0. The van der Waals surface area contributed by atoms with E-state index in [0.29, 0.717) is 0 Å². The van der Waals surface area contributed by atoms with Crippen LogP contribution in [-0.2, 0) is 0 Å². The second-order valence-electron chi connectivity index (χ2n) is 13.5. The minimum Gasteiger partial charge on any atom is -0.452 e. The molecule has 0 fully saturated rings. The maximum absolute atomic E-state index is 7.44. The minimum absolute atomic E-state index is 0.0953. The number of anilines is 2. The Morgan fingerprint density at radius 2 is 0.766 bits per heavy atom. The second-order valence-corrected chi connectivity index (χ2v) is 22.9. The summed E-state index contributed by atoms with van der Waals surface area (Å²) in [4.78, 5) is 0. The Kier molecular flexibility index (Phi) is 8.66. The molecule has 0 radical (unpaired) electrons. The summed E-state index contributed by atoms with van der Waals surface area (Å²) in [5.74, 6) is 1.99. The van der Waals surface area contributed by atoms with Crippen molar-refractivity contribution in [3.05, 3.63) is 158 Å². The van der Waals surface area contributed by atoms with Gasteiger partial charge in [-0.15, -0.1) is 0 Å². The van der Waals surface area contributed by atoms with Gasteiger partial charge in [-0.05, 0) is 66.4 Å². The van der Waals surface area contributed by atoms with Crippen LogP contribution >= 0.6 is 15.8 Å². The second kappa shape index (κ2) is 12.9. The molecule has 6 aromatic carbocycles. The summed E-state index contributed by atoms with van der Waals surface area (Å²) < 4.78 is 10.1. The molecule has 0 atom stereocenters. The van der Waals surface area contributed by atoms with Crippen molar-refractivity contribution in [3.8, 4) is 11.5 Å². The Hall–Kier alpha value is -4.00. The first-order valence-corrected chi connectivity index (χ1v) is 21.9. The van der Waals surface area contributed by atoms with Gasteiger partial charge in [-0.2, -0.15) is 0 Å². The summed E-state index contributed by atoms with van der Waals surface area (Å²) in [5.41, 5.74) is 2.36. The van der Waals surface area contributed by atoms with Crippen LogP contribution in [0.1, 0.15) is 20.8 Å². The zero-order valence-electron chi connectivity index (χ0n) is 27.8. The van der Waals surface area contributed by atoms with Crippen LogP contribution in [0.4, 0.5) is 11.4 Å². The van der Waals surface area contributed by atoms with Crippen molar-refractivity contribution in [2.75, 3.05) is 4.57 Å². The number of ether oxygens (including phenoxy) is 1. The molecule has 0 aliphatic carbocycles. The fraction of sp³-hybridized carbons (Fsp3) is 0.143. The van der Waals surface area contributed by atoms with Gasteiger partial charge in [0.2, 0.25) is 0 Å². The van der Waals surface area contributed by atoms with Crippen molar-refractivity contribution < 1.29 is 4.74 Å². The first kappa shape index (κ1) is 31.6. The molecule has 0 spiro atoms. The molecule has 5 heteroatoms. The van der Waals surface area contributed by atoms with Crippen molar-refractivity contribution in [1.29, 1.82) is 0 Å². The highest BCUT2D eigenvalue weighted by Crippen LogP contribution is 2.56. The fourth-order valence-corrected chi connectivity index (χ4v) is 13.3. The van der Waals surface area contributed by atoms with Crippen LogP contribution in [0.15, 0.2) is 158 Å². The van der Waals surface area contributed by atoms with Gasteiger partial charge < -0.3 is 9.30 Å². The molecule has 6 aromatic rings. The van der Waals surface area contributed by atoms with E-state index in [0.717, 1.165) is 11.5 Å². The lowest BCUT2D eigenvalue weighted by atomic mass is 10.2. The molecule has 47 heavy (non-hydrogen) atoms. The van der Waals surface area contributed by atoms with Gasteiger partial charge in [0.1, 0.15) is 0 Å². The largest absolute Gasteiger partial charge is 0.452 e. The molecule has 1 aliphatic heterocycles. The van der Waals surface area contributed by atoms with Gasteiger partial charge in [-0.1, -0.05) is 167 Å². The first-order chi connectivity index (χ1) is 22.8. The third-order valence-electron chi connectivity index (χ3n) is 9.57. The van der Waals surface area contributed by atoms with Gasteiger partial charge in [0.15, 0.2) is 19.7 Å². The molecular weight excluding hydrogens is 625 g/mol. The number of nitrogens with zero attached hydrogens (tertiary/aromatic N) is 1. The van der Waals surface area contributed by atoms with Crippen molar-refractivity contribution in [2.45, 2.75) is 38.9 Å². The predicted molar refractivity (Wildman–Crippen MR) is 210 cm³/mol. The average Bonchev–Trinajstić information content (AvgIpc) is 3.09. The van der Waals surface area contributed by atoms with Crippen LogP contribution in [0.5, 0.6) is 11.5 Å². The maximum atomic E-state index is 7.44. The summed E-state index contributed by atoms with van der Waals surface area (Å²) in [6, 6.07) is 57.6. The number of hydrogen-bond donors (Lipinski definition) is 0. The standard InChI is InChI=1S/C42H41NOP2Si/c1-42(2,3)47(4,5)43-36-28-18-30-38(45(32-20-10-6-11-21-32)33-22-12-7-13-23-33)40(36)44-41-37(43)29-19-31-39(41)46(34-24-14-8-15-25-34)35-26-16-9-17-27-35/h6-31H,1-5H3. The van der Waals surface area contributed by atoms with Crippen LogP contribution in [0.25, 0.3) is 0 Å². The molecule has 0 N–H and O–H groups in total. The van der Waals surface area contributed by atoms with Crippen LogP contribution in [0, 0.1) is 0 Å². The van der Waals surface area contributed by atoms with E-state index in [1.807, 2.05) is 0 Å². The van der Waals surface area contributed by atoms with E-state index in [1.165, 1.54) is 43.2 Å². The normalized spacial score (nSPS) is 12.9. The SMILES string of the molecule is CC(C)(C)[Si](C)(C)N1c2cccc(P(c3ccccc3)c3ccccc3)c2Oc2c1cccc2P(c1ccccc1)c1ccccc1. The van der Waals surface area contributed by atoms with Crippen molar-refractivity contribution in [1.82, 2.24) is 0 Å². The molecule has 0 bridgehead atoms. The summed E-state index contributed by atoms with van der Waals surface area (Å²) >= 11 is 0. The summed E-state index contributed by atoms with van der Waals surface area (Å²) in [6.45, 7) is 12.2. The van der Waals surface area contributed by atoms with Crippen molar-refractivity contribution in [3.63, 3.8) is 0 Å². The Balaban J connectivity index is 1.51. The molecule has 0 aromatic heterocycles. The van der Waals surface area contributed by atoms with E-state index >= 15 is 0 Å². The number of rotatable bonds is 7. The van der Waals surface area contributed by atoms with Gasteiger partial charge in [0.25, 0.3) is 0 Å². The minimum atomic E-state index is -2.17. The van der Waals surface area contributed by atoms with E-state index in [1.54, 1.807) is 0 Å². The van der Waals surface area contributed by atoms with Crippen molar-refractivity contribution in [2.24, 2.45) is 0 Å². The van der Waals surface area contributed by atoms with E-state index in [4.69, 9.17) is 4.74 Å². The van der Waals surface area contributed by atoms with Crippen molar-refractivity contribution >= 4 is 67.3 Å². The van der Waals surface area contributed by atoms with E-state index in [2.05, 4.69) is 196 Å². The number of fused-ring (bicyclic) bond motifs is 2. The Labute approximate surface area is 283 Å². The third-order valence-corrected chi connectivity index (χ3v) is 19.8. The van der Waals surface area contributed by atoms with E-state index in [9.17, 15) is 0 Å². The Morgan fingerprint density at radius 1 is 0.447 bits per heavy atom. The third kappa shape index (κ3) is 5.87. The van der Waals surface area contributed by atoms with Gasteiger partial charge in [0.05, 0.1) is 11.4 Å². The van der Waals surface area contributed by atoms with Crippen LogP contribution in [-0.4, -0.2) is 8.24 Å². The monoisotopic (exact) mass is 665 g/mol. The topological polar surface area (TPSA) is 12.5 Å². The van der Waals surface area contributed by atoms with E-state index in [-0.39, 0.29) is 5.04 Å². The molecule has 0 saturated heterocycles. The molecule has 0 amide bonds. The molecule has 2 nitrogen and oxygen atoms in total. The highest BCUT2D eigenvalue weighted by atomic mass is 31.1. The quantitative estimate of drug-likeness (QED) is 0.124. The summed E-state index contributed by atoms with van der Waals surface area (Å²) in [5, 5.41) is 7.88. The number of para-hydroxylation sites is 2. The zero-order chi connectivity index (χ0) is 32.6. The smallest absolute Gasteiger partial charge is 0.162 e. The first-order valence-electron chi connectivity index (χ1n) is 16.3. The average molecular weight is 666 g/mol. The van der Waals surface area contributed by atoms with Crippen LogP contribution in [0.3, 0.4) is 0 Å². The summed E-state index contributed by atoms with van der Waals surface area (Å²) in [7, 11) is -3.92. The molecule has 7 rings (SSSR count). The lowest BCUT2D eigenvalue weighted by Gasteiger charge is -2.50. The van der Waals surface area contributed by atoms with Gasteiger partial charge in [-0.3, -0.25) is 0 Å². The van der Waals surface area contributed by atoms with E-state index < -0.39 is 24.1 Å². The number of benzene rings is 6. The van der Waals surface area contributed by atoms with Crippen LogP contribution < -0.4 is 41.1 Å². The highest BCUT2D eigenvalue weighted by molar-refractivity contribution is 7.80. The molecule has 234 valence electrons. The lowest BCUT2D eigenvalue weighted by Crippen LogP contribution is -2.54. The zero-order valence-corrected chi connectivity index (χ0v) is 30.5. The lowest BCUT2D eigenvalue weighted by molar-refractivity contribution is 0.485. The highest BCUT2D eigenvalue weighted by Gasteiger charge is 2.47. The Bertz CT molecular complexity index is 1770. The predicted octanol–water partition coefficient (Wildman–Crippen LogP) is 9.45. The van der Waals surface area contributed by atoms with Gasteiger partial charge in [-0.25, -0.2) is 0 Å². The van der Waals surface area contributed by atoms with Gasteiger partial charge >= 0.3 is 0 Å². The molecule has 0 saturated carbocycles. The Morgan fingerprint density at radius 3 is 1.06 bits per heavy atom. The molecular formula is C42H41NOP2Si. The molecule has 0 unspecified atom stereocenters. The fourth-order valence-electron chi connectivity index (χ4n) is 6.27. The number of hydrogen-bond acceptors (Lipinski definition) is 2. The molecule has 1 aliphatic rings. The van der Waals surface area contributed by atoms with Gasteiger partial charge in [0, 0.05) is 10.6 Å². The van der Waals surface area contributed by atoms with Crippen LogP contribution in [0.2, 0.25) is 18.1 Å². The molecule has 1 heterocycles.